The first-order valence-electron chi connectivity index (χ1n) is 36.3. The van der Waals surface area contributed by atoms with Crippen molar-refractivity contribution in [2.24, 2.45) is 0 Å². The summed E-state index contributed by atoms with van der Waals surface area (Å²) in [6, 6.07) is 0. The van der Waals surface area contributed by atoms with Gasteiger partial charge in [-0.1, -0.05) is 364 Å². The number of hydrogen-bond donors (Lipinski definition) is 0. The standard InChI is InChI=1S/C76H138O6/c1-4-7-10-13-16-19-22-25-28-31-33-35-36-37-38-39-40-41-43-45-48-51-54-57-60-63-66-69-75(78)81-72-73(71-80-74(77)68-65-62-59-56-53-50-47-44-30-27-24-21-18-15-12-9-6-3)82-76(79)70-67-64-61-58-55-52-49-46-42-34-32-29-26-23-20-17-14-11-8-5-2/h7,10,16,19,25,28,33,35,37-38,73H,4-6,8-9,11-15,17-18,20-24,26-27,29-32,34,36,39-72H2,1-3H3/b10-7-,19-16-,28-25-,35-33-,38-37-. The molecular weight excluding hydrogens is 1010 g/mol. The van der Waals surface area contributed by atoms with E-state index >= 15 is 0 Å². The molecule has 0 N–H and O–H groups in total. The Morgan fingerprint density at radius 3 is 0.744 bits per heavy atom. The monoisotopic (exact) mass is 1150 g/mol. The Labute approximate surface area is 510 Å². The molecule has 0 saturated heterocycles. The van der Waals surface area contributed by atoms with E-state index in [1.165, 1.54) is 257 Å². The number of carbonyl (C=O) groups is 3. The third-order valence-corrected chi connectivity index (χ3v) is 16.3. The van der Waals surface area contributed by atoms with Crippen LogP contribution in [0.15, 0.2) is 60.8 Å². The van der Waals surface area contributed by atoms with Crippen LogP contribution in [-0.2, 0) is 28.6 Å². The molecule has 0 aromatic heterocycles. The second-order valence-electron chi connectivity index (χ2n) is 24.5. The molecule has 6 nitrogen and oxygen atoms in total. The summed E-state index contributed by atoms with van der Waals surface area (Å²) in [5.74, 6) is -0.841. The molecule has 0 rings (SSSR count). The minimum Gasteiger partial charge on any atom is -0.462 e. The van der Waals surface area contributed by atoms with Crippen molar-refractivity contribution in [2.75, 3.05) is 13.2 Å². The number of carbonyl (C=O) groups excluding carboxylic acids is 3. The average Bonchev–Trinajstić information content (AvgIpc) is 3.47. The summed E-state index contributed by atoms with van der Waals surface area (Å²) in [6.07, 6.45) is 91.0. The van der Waals surface area contributed by atoms with Gasteiger partial charge in [0.25, 0.3) is 0 Å². The lowest BCUT2D eigenvalue weighted by atomic mass is 10.0. The van der Waals surface area contributed by atoms with Gasteiger partial charge in [0, 0.05) is 19.3 Å². The molecule has 0 fully saturated rings. The second-order valence-corrected chi connectivity index (χ2v) is 24.5. The van der Waals surface area contributed by atoms with Gasteiger partial charge in [-0.15, -0.1) is 0 Å². The van der Waals surface area contributed by atoms with Crippen molar-refractivity contribution in [1.29, 1.82) is 0 Å². The summed E-state index contributed by atoms with van der Waals surface area (Å²) >= 11 is 0. The summed E-state index contributed by atoms with van der Waals surface area (Å²) in [5.41, 5.74) is 0. The highest BCUT2D eigenvalue weighted by Gasteiger charge is 2.19. The predicted molar refractivity (Wildman–Crippen MR) is 358 cm³/mol. The normalized spacial score (nSPS) is 12.4. The molecule has 1 atom stereocenters. The third kappa shape index (κ3) is 67.9. The molecule has 0 saturated carbocycles. The second kappa shape index (κ2) is 70.6. The smallest absolute Gasteiger partial charge is 0.306 e. The lowest BCUT2D eigenvalue weighted by Gasteiger charge is -2.18. The van der Waals surface area contributed by atoms with Gasteiger partial charge in [0.1, 0.15) is 13.2 Å². The quantitative estimate of drug-likeness (QED) is 0.0261. The SMILES string of the molecule is CC/C=C\C/C=C\C/C=C\C/C=C\C/C=C\CCCCCCCCCCCCCC(=O)OCC(COC(=O)CCCCCCCCCCCCCCCCCCC)OC(=O)CCCCCCCCCCCCCCCCCCCCCC. The molecule has 478 valence electrons. The lowest BCUT2D eigenvalue weighted by Crippen LogP contribution is -2.30. The maximum Gasteiger partial charge on any atom is 0.306 e. The first kappa shape index (κ1) is 79.1. The van der Waals surface area contributed by atoms with Crippen LogP contribution in [0.25, 0.3) is 0 Å². The van der Waals surface area contributed by atoms with Crippen molar-refractivity contribution >= 4 is 17.9 Å². The van der Waals surface area contributed by atoms with Crippen LogP contribution in [0.4, 0.5) is 0 Å². The zero-order valence-corrected chi connectivity index (χ0v) is 55.0. The van der Waals surface area contributed by atoms with E-state index in [1.807, 2.05) is 0 Å². The first-order chi connectivity index (χ1) is 40.5. The van der Waals surface area contributed by atoms with E-state index < -0.39 is 6.10 Å². The van der Waals surface area contributed by atoms with E-state index in [0.29, 0.717) is 19.3 Å². The predicted octanol–water partition coefficient (Wildman–Crippen LogP) is 25.1. The number of allylic oxidation sites excluding steroid dienone is 10. The Morgan fingerprint density at radius 2 is 0.476 bits per heavy atom. The first-order valence-corrected chi connectivity index (χ1v) is 36.3. The molecule has 0 radical (unpaired) electrons. The van der Waals surface area contributed by atoms with E-state index in [4.69, 9.17) is 14.2 Å². The number of rotatable bonds is 67. The maximum atomic E-state index is 13.0. The highest BCUT2D eigenvalue weighted by molar-refractivity contribution is 5.71. The number of unbranched alkanes of at least 4 members (excludes halogenated alkanes) is 46. The van der Waals surface area contributed by atoms with Crippen LogP contribution in [0.2, 0.25) is 0 Å². The topological polar surface area (TPSA) is 78.9 Å². The Balaban J connectivity index is 4.29. The fourth-order valence-electron chi connectivity index (χ4n) is 10.9. The molecule has 0 aliphatic carbocycles. The number of ether oxygens (including phenoxy) is 3. The largest absolute Gasteiger partial charge is 0.462 e. The minimum atomic E-state index is -0.773. The van der Waals surface area contributed by atoms with Gasteiger partial charge in [-0.2, -0.15) is 0 Å². The average molecular weight is 1150 g/mol. The van der Waals surface area contributed by atoms with Gasteiger partial charge in [0.05, 0.1) is 0 Å². The Hall–Kier alpha value is -2.89. The molecular formula is C76H138O6. The van der Waals surface area contributed by atoms with E-state index in [0.717, 1.165) is 89.9 Å². The molecule has 0 heterocycles. The van der Waals surface area contributed by atoms with Crippen molar-refractivity contribution in [1.82, 2.24) is 0 Å². The van der Waals surface area contributed by atoms with Crippen LogP contribution in [-0.4, -0.2) is 37.2 Å². The van der Waals surface area contributed by atoms with Gasteiger partial charge >= 0.3 is 17.9 Å². The van der Waals surface area contributed by atoms with Crippen LogP contribution in [0.1, 0.15) is 387 Å². The fraction of sp³-hybridized carbons (Fsp3) is 0.829. The lowest BCUT2D eigenvalue weighted by molar-refractivity contribution is -0.167. The van der Waals surface area contributed by atoms with Gasteiger partial charge < -0.3 is 14.2 Å². The highest BCUT2D eigenvalue weighted by atomic mass is 16.6. The summed E-state index contributed by atoms with van der Waals surface area (Å²) in [5, 5.41) is 0. The van der Waals surface area contributed by atoms with Crippen molar-refractivity contribution in [3.05, 3.63) is 60.8 Å². The van der Waals surface area contributed by atoms with E-state index in [1.54, 1.807) is 0 Å². The molecule has 0 aromatic carbocycles. The van der Waals surface area contributed by atoms with Gasteiger partial charge in [0.15, 0.2) is 6.10 Å². The van der Waals surface area contributed by atoms with Crippen LogP contribution in [0.3, 0.4) is 0 Å². The van der Waals surface area contributed by atoms with Gasteiger partial charge in [-0.3, -0.25) is 14.4 Å². The maximum absolute atomic E-state index is 13.0. The Kier molecular flexibility index (Phi) is 68.1. The number of hydrogen-bond acceptors (Lipinski definition) is 6. The van der Waals surface area contributed by atoms with Crippen molar-refractivity contribution < 1.29 is 28.6 Å². The molecule has 0 aliphatic heterocycles. The van der Waals surface area contributed by atoms with E-state index in [-0.39, 0.29) is 31.1 Å². The molecule has 0 aliphatic rings. The highest BCUT2D eigenvalue weighted by Crippen LogP contribution is 2.19. The molecule has 1 unspecified atom stereocenters. The molecule has 0 aromatic rings. The Morgan fingerprint density at radius 1 is 0.256 bits per heavy atom. The van der Waals surface area contributed by atoms with Crippen LogP contribution in [0.5, 0.6) is 0 Å². The van der Waals surface area contributed by atoms with Gasteiger partial charge in [-0.25, -0.2) is 0 Å². The summed E-state index contributed by atoms with van der Waals surface area (Å²) in [4.78, 5) is 38.5. The Bertz CT molecular complexity index is 1460. The van der Waals surface area contributed by atoms with E-state index in [2.05, 4.69) is 81.5 Å². The van der Waals surface area contributed by atoms with Crippen LogP contribution >= 0.6 is 0 Å². The van der Waals surface area contributed by atoms with Gasteiger partial charge in [0.2, 0.25) is 0 Å². The van der Waals surface area contributed by atoms with Crippen LogP contribution < -0.4 is 0 Å². The molecule has 0 spiro atoms. The van der Waals surface area contributed by atoms with E-state index in [9.17, 15) is 14.4 Å². The van der Waals surface area contributed by atoms with Crippen molar-refractivity contribution in [3.8, 4) is 0 Å². The van der Waals surface area contributed by atoms with Gasteiger partial charge in [-0.05, 0) is 64.2 Å². The molecule has 82 heavy (non-hydrogen) atoms. The zero-order valence-electron chi connectivity index (χ0n) is 55.0. The van der Waals surface area contributed by atoms with Crippen molar-refractivity contribution in [3.63, 3.8) is 0 Å². The summed E-state index contributed by atoms with van der Waals surface area (Å²) < 4.78 is 17.0. The van der Waals surface area contributed by atoms with Crippen LogP contribution in [0, 0.1) is 0 Å². The molecule has 0 bridgehead atoms. The van der Waals surface area contributed by atoms with Crippen molar-refractivity contribution in [2.45, 2.75) is 393 Å². The third-order valence-electron chi connectivity index (χ3n) is 16.3. The fourth-order valence-corrected chi connectivity index (χ4v) is 10.9. The minimum absolute atomic E-state index is 0.0683. The number of esters is 3. The molecule has 6 heteroatoms. The summed E-state index contributed by atoms with van der Waals surface area (Å²) in [7, 11) is 0. The zero-order chi connectivity index (χ0) is 59.2. The molecule has 0 amide bonds. The summed E-state index contributed by atoms with van der Waals surface area (Å²) in [6.45, 7) is 6.60.